The molecule has 0 radical (unpaired) electrons. The summed E-state index contributed by atoms with van der Waals surface area (Å²) in [4.78, 5) is 0. The molecule has 268 valence electrons. The van der Waals surface area contributed by atoms with E-state index < -0.39 is 0 Å². The first kappa shape index (κ1) is 41.2. The summed E-state index contributed by atoms with van der Waals surface area (Å²) in [5, 5.41) is 23.8. The maximum absolute atomic E-state index is 11.9. The summed E-state index contributed by atoms with van der Waals surface area (Å²) in [6.45, 7) is 18.6. The fourth-order valence-electron chi connectivity index (χ4n) is 7.75. The van der Waals surface area contributed by atoms with Crippen LogP contribution in [0.4, 0.5) is 0 Å². The molecule has 0 fully saturated rings. The van der Waals surface area contributed by atoms with Crippen LogP contribution in [0, 0.1) is 0 Å². The number of phenols is 2. The highest BCUT2D eigenvalue weighted by atomic mass is 16.3. The zero-order chi connectivity index (χ0) is 34.7. The minimum atomic E-state index is -0.234. The quantitative estimate of drug-likeness (QED) is 0.0997. The highest BCUT2D eigenvalue weighted by molar-refractivity contribution is 5.59. The lowest BCUT2D eigenvalue weighted by Gasteiger charge is -2.35. The zero-order valence-corrected chi connectivity index (χ0v) is 32.5. The van der Waals surface area contributed by atoms with Crippen LogP contribution in [0.25, 0.3) is 0 Å². The Balaban J connectivity index is 2.95. The van der Waals surface area contributed by atoms with Gasteiger partial charge in [0.05, 0.1) is 0 Å². The Morgan fingerprint density at radius 1 is 0.383 bits per heavy atom. The van der Waals surface area contributed by atoms with Crippen LogP contribution in [-0.4, -0.2) is 10.2 Å². The molecule has 2 nitrogen and oxygen atoms in total. The smallest absolute Gasteiger partial charge is 0.122 e. The van der Waals surface area contributed by atoms with Crippen molar-refractivity contribution in [3.05, 3.63) is 56.6 Å². The van der Waals surface area contributed by atoms with Gasteiger partial charge in [-0.1, -0.05) is 145 Å². The molecular weight excluding hydrogens is 572 g/mol. The summed E-state index contributed by atoms with van der Waals surface area (Å²) in [5.41, 5.74) is 10.3. The molecule has 0 aliphatic carbocycles. The van der Waals surface area contributed by atoms with Crippen molar-refractivity contribution in [2.75, 3.05) is 0 Å². The molecule has 2 rings (SSSR count). The van der Waals surface area contributed by atoms with Crippen molar-refractivity contribution in [1.82, 2.24) is 0 Å². The Labute approximate surface area is 292 Å². The zero-order valence-electron chi connectivity index (χ0n) is 32.5. The van der Waals surface area contributed by atoms with Crippen molar-refractivity contribution < 1.29 is 10.2 Å². The van der Waals surface area contributed by atoms with Gasteiger partial charge in [-0.2, -0.15) is 0 Å². The van der Waals surface area contributed by atoms with Gasteiger partial charge < -0.3 is 10.2 Å². The Hall–Kier alpha value is -1.96. The molecule has 0 saturated heterocycles. The van der Waals surface area contributed by atoms with Gasteiger partial charge in [-0.3, -0.25) is 0 Å². The summed E-state index contributed by atoms with van der Waals surface area (Å²) in [7, 11) is 0. The van der Waals surface area contributed by atoms with E-state index in [9.17, 15) is 10.2 Å². The van der Waals surface area contributed by atoms with Crippen LogP contribution in [0.15, 0.2) is 12.1 Å². The van der Waals surface area contributed by atoms with Gasteiger partial charge in [0.25, 0.3) is 0 Å². The third-order valence-electron chi connectivity index (χ3n) is 10.8. The molecule has 0 aliphatic rings. The number of aromatic hydroxyl groups is 2. The Bertz CT molecular complexity index is 1070. The third-order valence-corrected chi connectivity index (χ3v) is 10.8. The second-order valence-electron chi connectivity index (χ2n) is 15.1. The molecule has 0 amide bonds. The summed E-state index contributed by atoms with van der Waals surface area (Å²) in [6.07, 6.45) is 27.1. The summed E-state index contributed by atoms with van der Waals surface area (Å²) in [6, 6.07) is 4.87. The lowest BCUT2D eigenvalue weighted by Crippen LogP contribution is -2.26. The highest BCUT2D eigenvalue weighted by Crippen LogP contribution is 2.45. The van der Waals surface area contributed by atoms with Gasteiger partial charge in [0.1, 0.15) is 11.5 Å². The summed E-state index contributed by atoms with van der Waals surface area (Å²) in [5.74, 6) is 1.19. The number of unbranched alkanes of at least 4 members (excludes halogenated alkanes) is 12. The van der Waals surface area contributed by atoms with Gasteiger partial charge in [-0.15, -0.1) is 0 Å². The summed E-state index contributed by atoms with van der Waals surface area (Å²) < 4.78 is 0. The molecule has 0 spiro atoms. The fraction of sp³-hybridized carbons (Fsp3) is 0.733. The number of aryl methyl sites for hydroxylation is 2. The van der Waals surface area contributed by atoms with Gasteiger partial charge >= 0.3 is 0 Å². The first-order chi connectivity index (χ1) is 22.7. The largest absolute Gasteiger partial charge is 0.507 e. The Morgan fingerprint density at radius 3 is 0.915 bits per heavy atom. The topological polar surface area (TPSA) is 40.5 Å². The van der Waals surface area contributed by atoms with Crippen molar-refractivity contribution in [3.63, 3.8) is 0 Å². The van der Waals surface area contributed by atoms with E-state index in [0.717, 1.165) is 75.3 Å². The van der Waals surface area contributed by atoms with E-state index in [4.69, 9.17) is 0 Å². The van der Waals surface area contributed by atoms with Crippen molar-refractivity contribution in [2.24, 2.45) is 0 Å². The second-order valence-corrected chi connectivity index (χ2v) is 15.1. The average Bonchev–Trinajstić information content (AvgIpc) is 3.05. The van der Waals surface area contributed by atoms with E-state index in [1.165, 1.54) is 123 Å². The van der Waals surface area contributed by atoms with Crippen LogP contribution in [0.3, 0.4) is 0 Å². The number of hydrogen-bond acceptors (Lipinski definition) is 2. The van der Waals surface area contributed by atoms with Crippen LogP contribution in [0.5, 0.6) is 11.5 Å². The first-order valence-electron chi connectivity index (χ1n) is 20.5. The molecular formula is C45H76O2. The van der Waals surface area contributed by atoms with Crippen LogP contribution in [0.1, 0.15) is 215 Å². The molecule has 0 aromatic heterocycles. The number of rotatable bonds is 26. The van der Waals surface area contributed by atoms with Gasteiger partial charge in [0.2, 0.25) is 0 Å². The second kappa shape index (κ2) is 22.6. The molecule has 47 heavy (non-hydrogen) atoms. The van der Waals surface area contributed by atoms with E-state index in [0.29, 0.717) is 11.5 Å². The van der Waals surface area contributed by atoms with Crippen molar-refractivity contribution >= 4 is 0 Å². The maximum Gasteiger partial charge on any atom is 0.122 e. The van der Waals surface area contributed by atoms with E-state index in [1.807, 2.05) is 0 Å². The number of benzene rings is 2. The third kappa shape index (κ3) is 12.1. The molecule has 2 aromatic rings. The minimum Gasteiger partial charge on any atom is -0.507 e. The van der Waals surface area contributed by atoms with Crippen molar-refractivity contribution in [1.29, 1.82) is 0 Å². The van der Waals surface area contributed by atoms with Crippen LogP contribution in [-0.2, 0) is 43.9 Å². The number of phenolic OH excluding ortho intramolecular Hbond substituents is 2. The van der Waals surface area contributed by atoms with Crippen LogP contribution >= 0.6 is 0 Å². The van der Waals surface area contributed by atoms with Gasteiger partial charge in [-0.25, -0.2) is 0 Å². The standard InChI is InChI=1S/C45H76O2/c1-9-15-21-27-35-33-41(37(29-23-17-11-3)39(43(35)46)31-25-19-13-5)45(7,8)42-34-36(28-22-16-10-2)44(47)40(32-26-20-14-6)38(42)30-24-18-12-4/h33-34,46-47H,9-32H2,1-8H3. The first-order valence-corrected chi connectivity index (χ1v) is 20.5. The van der Waals surface area contributed by atoms with E-state index in [2.05, 4.69) is 67.5 Å². The molecule has 0 saturated carbocycles. The van der Waals surface area contributed by atoms with Gasteiger partial charge in [0, 0.05) is 5.41 Å². The molecule has 0 atom stereocenters. The Kier molecular flexibility index (Phi) is 19.8. The van der Waals surface area contributed by atoms with Crippen molar-refractivity contribution in [2.45, 2.75) is 215 Å². The molecule has 0 bridgehead atoms. The van der Waals surface area contributed by atoms with Crippen LogP contribution < -0.4 is 0 Å². The van der Waals surface area contributed by atoms with Crippen molar-refractivity contribution in [3.8, 4) is 11.5 Å². The highest BCUT2D eigenvalue weighted by Gasteiger charge is 2.33. The van der Waals surface area contributed by atoms with E-state index in [1.54, 1.807) is 0 Å². The monoisotopic (exact) mass is 649 g/mol. The molecule has 2 heteroatoms. The normalized spacial score (nSPS) is 11.9. The number of hydrogen-bond donors (Lipinski definition) is 2. The van der Waals surface area contributed by atoms with Crippen LogP contribution in [0.2, 0.25) is 0 Å². The predicted octanol–water partition coefficient (Wildman–Crippen LogP) is 13.8. The molecule has 0 unspecified atom stereocenters. The SMILES string of the molecule is CCCCCc1cc(C(C)(C)c2cc(CCCCC)c(O)c(CCCCC)c2CCCCC)c(CCCCC)c(CCCCC)c1O. The van der Waals surface area contributed by atoms with Gasteiger partial charge in [0.15, 0.2) is 0 Å². The Morgan fingerprint density at radius 2 is 0.638 bits per heavy atom. The average molecular weight is 649 g/mol. The fourth-order valence-corrected chi connectivity index (χ4v) is 7.75. The predicted molar refractivity (Wildman–Crippen MR) is 208 cm³/mol. The summed E-state index contributed by atoms with van der Waals surface area (Å²) >= 11 is 0. The lowest BCUT2D eigenvalue weighted by molar-refractivity contribution is 0.452. The maximum atomic E-state index is 11.9. The van der Waals surface area contributed by atoms with E-state index in [-0.39, 0.29) is 5.41 Å². The minimum absolute atomic E-state index is 0.234. The molecule has 2 aromatic carbocycles. The molecule has 0 aliphatic heterocycles. The molecule has 0 heterocycles. The lowest BCUT2D eigenvalue weighted by atomic mass is 9.69. The van der Waals surface area contributed by atoms with Gasteiger partial charge in [-0.05, 0) is 122 Å². The molecule has 2 N–H and O–H groups in total. The van der Waals surface area contributed by atoms with E-state index >= 15 is 0 Å².